The molecule has 0 heterocycles. The van der Waals surface area contributed by atoms with E-state index in [0.29, 0.717) is 18.4 Å². The Kier molecular flexibility index (Phi) is 4.63. The van der Waals surface area contributed by atoms with E-state index in [1.54, 1.807) is 6.92 Å². The standard InChI is InChI=1S/C14H18FNO4S/c1-9-5-6-11(7-13(9)15)21(19,20)16-8-10-3-2-4-12(10)14(17)18/h5-7,10,12,16H,2-4,8H2,1H3,(H,17,18). The van der Waals surface area contributed by atoms with Crippen LogP contribution in [-0.2, 0) is 14.8 Å². The van der Waals surface area contributed by atoms with Crippen molar-refractivity contribution < 1.29 is 22.7 Å². The number of benzene rings is 1. The summed E-state index contributed by atoms with van der Waals surface area (Å²) in [5, 5.41) is 9.07. The average Bonchev–Trinajstić information content (AvgIpc) is 2.88. The number of hydrogen-bond donors (Lipinski definition) is 2. The zero-order valence-electron chi connectivity index (χ0n) is 11.7. The fourth-order valence-electron chi connectivity index (χ4n) is 2.65. The van der Waals surface area contributed by atoms with Crippen molar-refractivity contribution in [2.75, 3.05) is 6.54 Å². The normalized spacial score (nSPS) is 22.4. The smallest absolute Gasteiger partial charge is 0.306 e. The van der Waals surface area contributed by atoms with Crippen LogP contribution in [0.2, 0.25) is 0 Å². The van der Waals surface area contributed by atoms with Gasteiger partial charge in [-0.3, -0.25) is 4.79 Å². The van der Waals surface area contributed by atoms with Crippen LogP contribution in [0.3, 0.4) is 0 Å². The summed E-state index contributed by atoms with van der Waals surface area (Å²) in [7, 11) is -3.82. The SMILES string of the molecule is Cc1ccc(S(=O)(=O)NCC2CCCC2C(=O)O)cc1F. The predicted molar refractivity (Wildman–Crippen MR) is 74.8 cm³/mol. The fraction of sp³-hybridized carbons (Fsp3) is 0.500. The predicted octanol–water partition coefficient (Wildman–Crippen LogP) is 1.91. The van der Waals surface area contributed by atoms with Crippen LogP contribution in [0.4, 0.5) is 4.39 Å². The van der Waals surface area contributed by atoms with E-state index in [1.807, 2.05) is 0 Å². The minimum atomic E-state index is -3.82. The van der Waals surface area contributed by atoms with Crippen molar-refractivity contribution >= 4 is 16.0 Å². The maximum absolute atomic E-state index is 13.4. The Balaban J connectivity index is 2.07. The molecule has 116 valence electrons. The van der Waals surface area contributed by atoms with E-state index in [9.17, 15) is 17.6 Å². The number of carbonyl (C=O) groups is 1. The Morgan fingerprint density at radius 1 is 1.43 bits per heavy atom. The molecule has 1 fully saturated rings. The summed E-state index contributed by atoms with van der Waals surface area (Å²) in [6.45, 7) is 1.62. The molecule has 0 saturated heterocycles. The molecule has 7 heteroatoms. The first kappa shape index (κ1) is 15.9. The van der Waals surface area contributed by atoms with Crippen molar-refractivity contribution in [1.29, 1.82) is 0 Å². The molecule has 1 aliphatic carbocycles. The average molecular weight is 315 g/mol. The molecule has 0 aliphatic heterocycles. The molecule has 0 radical (unpaired) electrons. The topological polar surface area (TPSA) is 83.5 Å². The molecule has 2 atom stereocenters. The number of carboxylic acids is 1. The van der Waals surface area contributed by atoms with E-state index in [2.05, 4.69) is 4.72 Å². The van der Waals surface area contributed by atoms with Gasteiger partial charge in [0.2, 0.25) is 10.0 Å². The molecule has 0 bridgehead atoms. The molecule has 1 aromatic rings. The van der Waals surface area contributed by atoms with Crippen molar-refractivity contribution in [3.8, 4) is 0 Å². The highest BCUT2D eigenvalue weighted by atomic mass is 32.2. The van der Waals surface area contributed by atoms with Gasteiger partial charge in [-0.2, -0.15) is 0 Å². The van der Waals surface area contributed by atoms with Crippen LogP contribution in [0.1, 0.15) is 24.8 Å². The number of aryl methyl sites for hydroxylation is 1. The van der Waals surface area contributed by atoms with Crippen molar-refractivity contribution in [2.45, 2.75) is 31.1 Å². The lowest BCUT2D eigenvalue weighted by Crippen LogP contribution is -2.33. The first-order chi connectivity index (χ1) is 9.81. The number of sulfonamides is 1. The Morgan fingerprint density at radius 3 is 2.76 bits per heavy atom. The van der Waals surface area contributed by atoms with Gasteiger partial charge in [0.05, 0.1) is 10.8 Å². The monoisotopic (exact) mass is 315 g/mol. The summed E-state index contributed by atoms with van der Waals surface area (Å²) >= 11 is 0. The quantitative estimate of drug-likeness (QED) is 0.869. The minimum absolute atomic E-state index is 0.0643. The Bertz CT molecular complexity index is 644. The van der Waals surface area contributed by atoms with E-state index in [1.165, 1.54) is 12.1 Å². The molecule has 2 N–H and O–H groups in total. The van der Waals surface area contributed by atoms with E-state index < -0.39 is 27.7 Å². The summed E-state index contributed by atoms with van der Waals surface area (Å²) < 4.78 is 40.0. The van der Waals surface area contributed by atoms with E-state index in [-0.39, 0.29) is 17.4 Å². The number of halogens is 1. The summed E-state index contributed by atoms with van der Waals surface area (Å²) in [6, 6.07) is 3.71. The van der Waals surface area contributed by atoms with E-state index >= 15 is 0 Å². The van der Waals surface area contributed by atoms with Gasteiger partial charge in [0.1, 0.15) is 5.82 Å². The van der Waals surface area contributed by atoms with Crippen molar-refractivity contribution in [3.05, 3.63) is 29.6 Å². The van der Waals surface area contributed by atoms with Crippen molar-refractivity contribution in [2.24, 2.45) is 11.8 Å². The van der Waals surface area contributed by atoms with Crippen molar-refractivity contribution in [1.82, 2.24) is 4.72 Å². The van der Waals surface area contributed by atoms with Crippen LogP contribution in [0, 0.1) is 24.6 Å². The Labute approximate surface area is 123 Å². The summed E-state index contributed by atoms with van der Waals surface area (Å²) in [5.74, 6) is -2.20. The Hall–Kier alpha value is -1.47. The van der Waals surface area contributed by atoms with Crippen LogP contribution in [0.15, 0.2) is 23.1 Å². The van der Waals surface area contributed by atoms with Crippen LogP contribution in [-0.4, -0.2) is 26.0 Å². The van der Waals surface area contributed by atoms with Crippen LogP contribution >= 0.6 is 0 Å². The molecule has 0 amide bonds. The lowest BCUT2D eigenvalue weighted by atomic mass is 9.97. The van der Waals surface area contributed by atoms with Gasteiger partial charge in [-0.25, -0.2) is 17.5 Å². The number of carboxylic acid groups (broad SMARTS) is 1. The van der Waals surface area contributed by atoms with E-state index in [4.69, 9.17) is 5.11 Å². The van der Waals surface area contributed by atoms with Gasteiger partial charge in [-0.15, -0.1) is 0 Å². The Morgan fingerprint density at radius 2 is 2.14 bits per heavy atom. The molecule has 0 spiro atoms. The lowest BCUT2D eigenvalue weighted by Gasteiger charge is -2.16. The van der Waals surface area contributed by atoms with Gasteiger partial charge in [0.15, 0.2) is 0 Å². The third kappa shape index (κ3) is 3.59. The van der Waals surface area contributed by atoms with Gasteiger partial charge < -0.3 is 5.11 Å². The second-order valence-corrected chi connectivity index (χ2v) is 7.17. The van der Waals surface area contributed by atoms with Crippen LogP contribution in [0.5, 0.6) is 0 Å². The van der Waals surface area contributed by atoms with Crippen LogP contribution < -0.4 is 4.72 Å². The number of hydrogen-bond acceptors (Lipinski definition) is 3. The third-order valence-electron chi connectivity index (χ3n) is 3.97. The molecule has 1 aromatic carbocycles. The van der Waals surface area contributed by atoms with Gasteiger partial charge in [-0.05, 0) is 43.4 Å². The maximum atomic E-state index is 13.4. The number of nitrogens with one attached hydrogen (secondary N) is 1. The second-order valence-electron chi connectivity index (χ2n) is 5.40. The molecule has 2 rings (SSSR count). The lowest BCUT2D eigenvalue weighted by molar-refractivity contribution is -0.142. The highest BCUT2D eigenvalue weighted by molar-refractivity contribution is 7.89. The zero-order chi connectivity index (χ0) is 15.6. The van der Waals surface area contributed by atoms with Crippen LogP contribution in [0.25, 0.3) is 0 Å². The van der Waals surface area contributed by atoms with Gasteiger partial charge >= 0.3 is 5.97 Å². The maximum Gasteiger partial charge on any atom is 0.306 e. The molecular weight excluding hydrogens is 297 g/mol. The summed E-state index contributed by atoms with van der Waals surface area (Å²) in [5.41, 5.74) is 0.371. The largest absolute Gasteiger partial charge is 0.481 e. The fourth-order valence-corrected chi connectivity index (χ4v) is 3.75. The molecule has 5 nitrogen and oxygen atoms in total. The van der Waals surface area contributed by atoms with Gasteiger partial charge in [0.25, 0.3) is 0 Å². The van der Waals surface area contributed by atoms with Gasteiger partial charge in [0, 0.05) is 6.54 Å². The summed E-state index contributed by atoms with van der Waals surface area (Å²) in [4.78, 5) is 10.9. The van der Waals surface area contributed by atoms with E-state index in [0.717, 1.165) is 12.5 Å². The first-order valence-corrected chi connectivity index (χ1v) is 8.28. The first-order valence-electron chi connectivity index (χ1n) is 6.80. The van der Waals surface area contributed by atoms with Gasteiger partial charge in [-0.1, -0.05) is 12.5 Å². The molecule has 2 unspecified atom stereocenters. The number of rotatable bonds is 5. The molecule has 0 aromatic heterocycles. The minimum Gasteiger partial charge on any atom is -0.481 e. The molecular formula is C14H18FNO4S. The highest BCUT2D eigenvalue weighted by Crippen LogP contribution is 2.31. The summed E-state index contributed by atoms with van der Waals surface area (Å²) in [6.07, 6.45) is 2.03. The highest BCUT2D eigenvalue weighted by Gasteiger charge is 2.33. The third-order valence-corrected chi connectivity index (χ3v) is 5.39. The molecule has 1 aliphatic rings. The second kappa shape index (κ2) is 6.11. The number of aliphatic carboxylic acids is 1. The molecule has 21 heavy (non-hydrogen) atoms. The van der Waals surface area contributed by atoms with Crippen molar-refractivity contribution in [3.63, 3.8) is 0 Å². The molecule has 1 saturated carbocycles. The zero-order valence-corrected chi connectivity index (χ0v) is 12.5.